The van der Waals surface area contributed by atoms with Crippen LogP contribution in [0.4, 0.5) is 0 Å². The molecular weight excluding hydrogens is 332 g/mol. The minimum absolute atomic E-state index is 0.385. The Kier molecular flexibility index (Phi) is 5.84. The molecule has 3 heterocycles. The van der Waals surface area contributed by atoms with Crippen molar-refractivity contribution in [2.24, 2.45) is 0 Å². The molecule has 27 heavy (non-hydrogen) atoms. The van der Waals surface area contributed by atoms with Gasteiger partial charge in [0, 0.05) is 48.4 Å². The summed E-state index contributed by atoms with van der Waals surface area (Å²) in [5.41, 5.74) is 2.73. The number of nitrogens with one attached hydrogen (secondary N) is 1. The van der Waals surface area contributed by atoms with E-state index in [9.17, 15) is 0 Å². The largest absolute Gasteiger partial charge is 0.312 e. The molecule has 4 rings (SSSR count). The van der Waals surface area contributed by atoms with Crippen molar-refractivity contribution in [3.63, 3.8) is 0 Å². The van der Waals surface area contributed by atoms with E-state index in [1.54, 1.807) is 0 Å². The number of piperidine rings is 1. The first-order chi connectivity index (χ1) is 13.2. The first kappa shape index (κ1) is 18.6. The maximum Gasteiger partial charge on any atom is 0.130 e. The zero-order valence-electron chi connectivity index (χ0n) is 16.6. The maximum atomic E-state index is 4.58. The Labute approximate surface area is 163 Å². The summed E-state index contributed by atoms with van der Waals surface area (Å²) < 4.78 is 0. The molecule has 4 heteroatoms. The van der Waals surface area contributed by atoms with Gasteiger partial charge in [0.15, 0.2) is 0 Å². The van der Waals surface area contributed by atoms with Crippen molar-refractivity contribution in [1.29, 1.82) is 0 Å². The molecule has 1 N–H and O–H groups in total. The number of hydrogen-bond donors (Lipinski definition) is 1. The second-order valence-corrected chi connectivity index (χ2v) is 8.42. The predicted octanol–water partition coefficient (Wildman–Crippen LogP) is 4.10. The van der Waals surface area contributed by atoms with Gasteiger partial charge in [-0.1, -0.05) is 50.6 Å². The Morgan fingerprint density at radius 2 is 1.85 bits per heavy atom. The van der Waals surface area contributed by atoms with Gasteiger partial charge >= 0.3 is 0 Å². The van der Waals surface area contributed by atoms with E-state index < -0.39 is 0 Å². The number of hydrogen-bond acceptors (Lipinski definition) is 4. The third-order valence-corrected chi connectivity index (χ3v) is 6.21. The molecule has 2 aliphatic rings. The van der Waals surface area contributed by atoms with Gasteiger partial charge in [-0.15, -0.1) is 0 Å². The van der Waals surface area contributed by atoms with Gasteiger partial charge in [0.25, 0.3) is 0 Å². The molecule has 144 valence electrons. The molecular formula is C23H32N4. The van der Waals surface area contributed by atoms with E-state index in [0.29, 0.717) is 23.9 Å². The van der Waals surface area contributed by atoms with Crippen LogP contribution in [0.15, 0.2) is 42.7 Å². The molecule has 1 aromatic heterocycles. The molecule has 0 saturated carbocycles. The number of rotatable bonds is 4. The smallest absolute Gasteiger partial charge is 0.130 e. The van der Waals surface area contributed by atoms with Crippen LogP contribution in [0.5, 0.6) is 0 Å². The second kappa shape index (κ2) is 8.49. The van der Waals surface area contributed by atoms with Gasteiger partial charge in [-0.05, 0) is 37.9 Å². The molecule has 0 bridgehead atoms. The van der Waals surface area contributed by atoms with Crippen LogP contribution >= 0.6 is 0 Å². The van der Waals surface area contributed by atoms with E-state index in [1.165, 1.54) is 36.8 Å². The van der Waals surface area contributed by atoms with E-state index in [4.69, 9.17) is 0 Å². The number of likely N-dealkylation sites (tertiary alicyclic amines) is 1. The Balaban J connectivity index is 1.52. The second-order valence-electron chi connectivity index (χ2n) is 8.42. The Morgan fingerprint density at radius 1 is 1.07 bits per heavy atom. The quantitative estimate of drug-likeness (QED) is 0.887. The lowest BCUT2D eigenvalue weighted by Gasteiger charge is -2.45. The average Bonchev–Trinajstić information content (AvgIpc) is 2.96. The number of aromatic nitrogens is 2. The number of nitrogens with zero attached hydrogens (tertiary/aromatic N) is 3. The molecule has 0 amide bonds. The molecule has 0 spiro atoms. The van der Waals surface area contributed by atoms with Gasteiger partial charge in [-0.2, -0.15) is 0 Å². The molecule has 2 aromatic rings. The van der Waals surface area contributed by atoms with Crippen LogP contribution in [0.25, 0.3) is 0 Å². The van der Waals surface area contributed by atoms with Crippen LogP contribution in [-0.4, -0.2) is 40.0 Å². The summed E-state index contributed by atoms with van der Waals surface area (Å²) in [4.78, 5) is 11.8. The summed E-state index contributed by atoms with van der Waals surface area (Å²) >= 11 is 0. The molecule has 1 aromatic carbocycles. The van der Waals surface area contributed by atoms with Crippen LogP contribution in [0.1, 0.15) is 68.3 Å². The zero-order chi connectivity index (χ0) is 18.6. The Hall–Kier alpha value is -1.78. The first-order valence-electron chi connectivity index (χ1n) is 10.6. The summed E-state index contributed by atoms with van der Waals surface area (Å²) in [6.45, 7) is 7.54. The summed E-state index contributed by atoms with van der Waals surface area (Å²) in [6, 6.07) is 12.2. The van der Waals surface area contributed by atoms with Gasteiger partial charge in [0.05, 0.1) is 0 Å². The lowest BCUT2D eigenvalue weighted by atomic mass is 9.79. The molecule has 2 aliphatic heterocycles. The van der Waals surface area contributed by atoms with Gasteiger partial charge in [-0.25, -0.2) is 9.97 Å². The number of benzene rings is 1. The number of fused-ring (bicyclic) bond motifs is 1. The van der Waals surface area contributed by atoms with E-state index >= 15 is 0 Å². The predicted molar refractivity (Wildman–Crippen MR) is 110 cm³/mol. The maximum absolute atomic E-state index is 4.58. The minimum atomic E-state index is 0.385. The van der Waals surface area contributed by atoms with Gasteiger partial charge in [-0.3, -0.25) is 4.90 Å². The third kappa shape index (κ3) is 4.22. The SMILES string of the molecule is CC(C)c1ncc(CN2CC[C@H](c3ccccc3)[C@H]3NCCCC[C@H]32)cn1. The fourth-order valence-corrected chi connectivity index (χ4v) is 4.78. The van der Waals surface area contributed by atoms with E-state index in [1.807, 2.05) is 12.4 Å². The van der Waals surface area contributed by atoms with E-state index in [0.717, 1.165) is 25.5 Å². The van der Waals surface area contributed by atoms with Crippen molar-refractivity contribution in [2.45, 2.75) is 70.0 Å². The van der Waals surface area contributed by atoms with Gasteiger partial charge < -0.3 is 5.32 Å². The van der Waals surface area contributed by atoms with Crippen molar-refractivity contribution >= 4 is 0 Å². The highest BCUT2D eigenvalue weighted by Crippen LogP contribution is 2.35. The molecule has 4 nitrogen and oxygen atoms in total. The molecule has 2 saturated heterocycles. The molecule has 0 aliphatic carbocycles. The highest BCUT2D eigenvalue weighted by atomic mass is 15.2. The van der Waals surface area contributed by atoms with Crippen LogP contribution < -0.4 is 5.32 Å². The standard InChI is InChI=1S/C23H32N4/c1-17(2)23-25-14-18(15-26-23)16-27-13-11-20(19-8-4-3-5-9-19)22-21(27)10-6-7-12-24-22/h3-5,8-9,14-15,17,20-22,24H,6-7,10-13,16H2,1-2H3/t20-,21-,22-/m1/s1. The van der Waals surface area contributed by atoms with Crippen molar-refractivity contribution < 1.29 is 0 Å². The fourth-order valence-electron chi connectivity index (χ4n) is 4.78. The summed E-state index contributed by atoms with van der Waals surface area (Å²) in [6.07, 6.45) is 9.16. The van der Waals surface area contributed by atoms with Crippen molar-refractivity contribution in [3.05, 3.63) is 59.7 Å². The topological polar surface area (TPSA) is 41.1 Å². The lowest BCUT2D eigenvalue weighted by molar-refractivity contribution is 0.0890. The van der Waals surface area contributed by atoms with Crippen LogP contribution in [0, 0.1) is 0 Å². The average molecular weight is 365 g/mol. The zero-order valence-corrected chi connectivity index (χ0v) is 16.6. The molecule has 3 atom stereocenters. The van der Waals surface area contributed by atoms with Gasteiger partial charge in [0.1, 0.15) is 5.82 Å². The van der Waals surface area contributed by atoms with E-state index in [-0.39, 0.29) is 0 Å². The summed E-state index contributed by atoms with van der Waals surface area (Å²) in [7, 11) is 0. The highest BCUT2D eigenvalue weighted by molar-refractivity contribution is 5.24. The van der Waals surface area contributed by atoms with Crippen molar-refractivity contribution in [3.8, 4) is 0 Å². The monoisotopic (exact) mass is 364 g/mol. The van der Waals surface area contributed by atoms with Crippen LogP contribution in [-0.2, 0) is 6.54 Å². The normalized spacial score (nSPS) is 26.6. The van der Waals surface area contributed by atoms with Crippen molar-refractivity contribution in [2.75, 3.05) is 13.1 Å². The molecule has 0 unspecified atom stereocenters. The van der Waals surface area contributed by atoms with Gasteiger partial charge in [0.2, 0.25) is 0 Å². The third-order valence-electron chi connectivity index (χ3n) is 6.21. The lowest BCUT2D eigenvalue weighted by Crippen LogP contribution is -2.56. The highest BCUT2D eigenvalue weighted by Gasteiger charge is 2.38. The van der Waals surface area contributed by atoms with Crippen LogP contribution in [0.3, 0.4) is 0 Å². The summed E-state index contributed by atoms with van der Waals surface area (Å²) in [5, 5.41) is 3.90. The molecule has 0 radical (unpaired) electrons. The molecule has 2 fully saturated rings. The van der Waals surface area contributed by atoms with Crippen LogP contribution in [0.2, 0.25) is 0 Å². The first-order valence-corrected chi connectivity index (χ1v) is 10.6. The summed E-state index contributed by atoms with van der Waals surface area (Å²) in [5.74, 6) is 1.94. The van der Waals surface area contributed by atoms with Crippen molar-refractivity contribution in [1.82, 2.24) is 20.2 Å². The minimum Gasteiger partial charge on any atom is -0.312 e. The fraction of sp³-hybridized carbons (Fsp3) is 0.565. The Morgan fingerprint density at radius 3 is 2.59 bits per heavy atom. The Bertz CT molecular complexity index is 713. The van der Waals surface area contributed by atoms with E-state index in [2.05, 4.69) is 64.4 Å².